The maximum absolute atomic E-state index is 14.0. The number of fused-ring (bicyclic) bond motifs is 1. The fourth-order valence-corrected chi connectivity index (χ4v) is 10.0. The Hall–Kier alpha value is -1.72. The van der Waals surface area contributed by atoms with Gasteiger partial charge >= 0.3 is 5.97 Å². The molecule has 0 amide bonds. The first-order valence-corrected chi connectivity index (χ1v) is 25.2. The van der Waals surface area contributed by atoms with Crippen LogP contribution in [-0.4, -0.2) is 59.7 Å². The van der Waals surface area contributed by atoms with Crippen molar-refractivity contribution in [2.24, 2.45) is 17.8 Å². The molecule has 282 valence electrons. The number of ether oxygens (including phenoxy) is 3. The van der Waals surface area contributed by atoms with Crippen molar-refractivity contribution < 1.29 is 27.9 Å². The van der Waals surface area contributed by atoms with Crippen LogP contribution in [0.1, 0.15) is 105 Å². The predicted molar refractivity (Wildman–Crippen MR) is 211 cm³/mol. The standard InChI is InChI=1S/C42H70O6Si2/c1-15-36(45-37-21-16-28(2)24-30(37)4)40(43)46-38-27-34(48-50(13,14)42(8,9)10)25-31-18-17-29(3)35(39(31)38)20-19-32-26-33(22-23-44-32)47-49(11,12)41(5,6)7/h16-18,21,24-25,29,32-36,38-39H,15,19-20,22-23,26-27H2,1-14H3/t29-,32+,33+,34+,35-,36?,38-,39-/m0/s1. The van der Waals surface area contributed by atoms with Crippen LogP contribution in [0.3, 0.4) is 0 Å². The molecule has 1 aromatic carbocycles. The third-order valence-corrected chi connectivity index (χ3v) is 21.6. The Bertz CT molecular complexity index is 1370. The van der Waals surface area contributed by atoms with Crippen molar-refractivity contribution in [1.29, 1.82) is 0 Å². The Kier molecular flexibility index (Phi) is 13.2. The summed E-state index contributed by atoms with van der Waals surface area (Å²) >= 11 is 0. The Morgan fingerprint density at radius 2 is 1.62 bits per heavy atom. The molecule has 8 heteroatoms. The van der Waals surface area contributed by atoms with Crippen LogP contribution in [0.2, 0.25) is 36.3 Å². The maximum atomic E-state index is 14.0. The van der Waals surface area contributed by atoms with Gasteiger partial charge in [-0.3, -0.25) is 0 Å². The number of allylic oxidation sites excluding steroid dienone is 2. The van der Waals surface area contributed by atoms with Crippen molar-refractivity contribution in [3.05, 3.63) is 53.1 Å². The lowest BCUT2D eigenvalue weighted by molar-refractivity contribution is -0.163. The molecule has 1 fully saturated rings. The minimum atomic E-state index is -2.07. The molecule has 2 aliphatic carbocycles. The van der Waals surface area contributed by atoms with E-state index < -0.39 is 22.7 Å². The Morgan fingerprint density at radius 3 is 2.24 bits per heavy atom. The van der Waals surface area contributed by atoms with Crippen LogP contribution in [0.25, 0.3) is 0 Å². The van der Waals surface area contributed by atoms with Gasteiger partial charge in [0.15, 0.2) is 22.7 Å². The van der Waals surface area contributed by atoms with Crippen LogP contribution < -0.4 is 4.74 Å². The topological polar surface area (TPSA) is 63.2 Å². The summed E-state index contributed by atoms with van der Waals surface area (Å²) in [4.78, 5) is 14.0. The molecule has 1 aliphatic heterocycles. The summed E-state index contributed by atoms with van der Waals surface area (Å²) in [5.74, 6) is 1.22. The minimum absolute atomic E-state index is 0.0766. The molecule has 0 N–H and O–H groups in total. The van der Waals surface area contributed by atoms with Crippen LogP contribution in [0.15, 0.2) is 42.0 Å². The molecule has 0 radical (unpaired) electrons. The predicted octanol–water partition coefficient (Wildman–Crippen LogP) is 10.9. The third-order valence-electron chi connectivity index (χ3n) is 12.5. The lowest BCUT2D eigenvalue weighted by Gasteiger charge is -2.46. The van der Waals surface area contributed by atoms with Gasteiger partial charge in [0.1, 0.15) is 11.9 Å². The summed E-state index contributed by atoms with van der Waals surface area (Å²) in [5, 5.41) is 0.265. The second-order valence-electron chi connectivity index (χ2n) is 18.6. The highest BCUT2D eigenvalue weighted by molar-refractivity contribution is 6.74. The molecule has 1 saturated heterocycles. The highest BCUT2D eigenvalue weighted by Crippen LogP contribution is 2.47. The smallest absolute Gasteiger partial charge is 0.347 e. The van der Waals surface area contributed by atoms with E-state index in [-0.39, 0.29) is 46.4 Å². The highest BCUT2D eigenvalue weighted by atomic mass is 28.4. The van der Waals surface area contributed by atoms with Gasteiger partial charge in [0.2, 0.25) is 0 Å². The van der Waals surface area contributed by atoms with Crippen LogP contribution in [0.4, 0.5) is 0 Å². The van der Waals surface area contributed by atoms with E-state index in [1.807, 2.05) is 26.0 Å². The van der Waals surface area contributed by atoms with E-state index in [0.717, 1.165) is 43.6 Å². The number of hydrogen-bond donors (Lipinski definition) is 0. The fraction of sp³-hybridized carbons (Fsp3) is 0.738. The van der Waals surface area contributed by atoms with E-state index in [0.29, 0.717) is 24.7 Å². The van der Waals surface area contributed by atoms with Crippen molar-refractivity contribution in [1.82, 2.24) is 0 Å². The monoisotopic (exact) mass is 726 g/mol. The molecule has 4 rings (SSSR count). The molecule has 1 unspecified atom stereocenters. The van der Waals surface area contributed by atoms with Crippen LogP contribution in [0.5, 0.6) is 5.75 Å². The van der Waals surface area contributed by atoms with Gasteiger partial charge in [-0.05, 0) is 111 Å². The summed E-state index contributed by atoms with van der Waals surface area (Å²) < 4.78 is 33.1. The van der Waals surface area contributed by atoms with Crippen molar-refractivity contribution in [2.75, 3.05) is 6.61 Å². The second-order valence-corrected chi connectivity index (χ2v) is 28.1. The van der Waals surface area contributed by atoms with Gasteiger partial charge < -0.3 is 23.1 Å². The van der Waals surface area contributed by atoms with E-state index in [9.17, 15) is 4.79 Å². The van der Waals surface area contributed by atoms with Crippen LogP contribution in [0, 0.1) is 31.6 Å². The normalized spacial score (nSPS) is 28.4. The van der Waals surface area contributed by atoms with Gasteiger partial charge in [-0.2, -0.15) is 0 Å². The Balaban J connectivity index is 1.56. The number of rotatable bonds is 12. The molecule has 50 heavy (non-hydrogen) atoms. The lowest BCUT2D eigenvalue weighted by Crippen LogP contribution is -2.49. The fourth-order valence-electron chi connectivity index (χ4n) is 7.34. The molecule has 1 aromatic rings. The Labute approximate surface area is 307 Å². The quantitative estimate of drug-likeness (QED) is 0.158. The molecular weight excluding hydrogens is 657 g/mol. The average Bonchev–Trinajstić information content (AvgIpc) is 2.99. The molecule has 6 nitrogen and oxygen atoms in total. The molecule has 0 saturated carbocycles. The summed E-state index contributed by atoms with van der Waals surface area (Å²) in [6.45, 7) is 32.2. The summed E-state index contributed by atoms with van der Waals surface area (Å²) in [6.07, 6.45) is 11.4. The number of carbonyl (C=O) groups excluding carboxylic acids is 1. The first-order chi connectivity index (χ1) is 23.1. The summed E-state index contributed by atoms with van der Waals surface area (Å²) in [7, 11) is -3.93. The van der Waals surface area contributed by atoms with Crippen LogP contribution in [-0.2, 0) is 23.1 Å². The number of esters is 1. The molecule has 1 heterocycles. The number of hydrogen-bond acceptors (Lipinski definition) is 6. The molecule has 3 aliphatic rings. The zero-order chi connectivity index (χ0) is 37.2. The number of carbonyl (C=O) groups is 1. The Morgan fingerprint density at radius 1 is 0.960 bits per heavy atom. The first kappa shape index (κ1) is 41.0. The van der Waals surface area contributed by atoms with Gasteiger partial charge in [-0.1, -0.05) is 91.3 Å². The highest BCUT2D eigenvalue weighted by Gasteiger charge is 2.46. The SMILES string of the molecule is CCC(Oc1ccc(C)cc1C)C(=O)O[C@H]1C[C@H](O[Si](C)(C)C(C)(C)C)C=C2C=C[C@H](C)[C@H](CC[C@@H]3C[C@H](O[Si](C)(C)C(C)(C)C)CCO3)[C@H]21. The van der Waals surface area contributed by atoms with E-state index in [4.69, 9.17) is 23.1 Å². The molecule has 8 atom stereocenters. The van der Waals surface area contributed by atoms with Gasteiger partial charge in [-0.15, -0.1) is 0 Å². The molecular formula is C42H70O6Si2. The lowest BCUT2D eigenvalue weighted by atomic mass is 9.66. The molecule has 0 spiro atoms. The van der Waals surface area contributed by atoms with E-state index in [1.54, 1.807) is 0 Å². The van der Waals surface area contributed by atoms with Crippen molar-refractivity contribution >= 4 is 22.6 Å². The summed E-state index contributed by atoms with van der Waals surface area (Å²) in [6, 6.07) is 6.08. The number of aryl methyl sites for hydroxylation is 2. The zero-order valence-electron chi connectivity index (χ0n) is 34.0. The average molecular weight is 727 g/mol. The van der Waals surface area contributed by atoms with E-state index >= 15 is 0 Å². The van der Waals surface area contributed by atoms with Gasteiger partial charge in [-0.25, -0.2) is 4.79 Å². The summed E-state index contributed by atoms with van der Waals surface area (Å²) in [5.41, 5.74) is 3.44. The van der Waals surface area contributed by atoms with Crippen molar-refractivity contribution in [3.63, 3.8) is 0 Å². The van der Waals surface area contributed by atoms with Crippen molar-refractivity contribution in [2.45, 2.75) is 175 Å². The largest absolute Gasteiger partial charge is 0.478 e. The van der Waals surface area contributed by atoms with E-state index in [1.165, 1.54) is 11.1 Å². The zero-order valence-corrected chi connectivity index (χ0v) is 36.0. The maximum Gasteiger partial charge on any atom is 0.347 e. The molecule has 0 aromatic heterocycles. The molecule has 0 bridgehead atoms. The van der Waals surface area contributed by atoms with Gasteiger partial charge in [0.05, 0.1) is 12.2 Å². The second kappa shape index (κ2) is 16.1. The van der Waals surface area contributed by atoms with Gasteiger partial charge in [0, 0.05) is 25.0 Å². The van der Waals surface area contributed by atoms with Crippen LogP contribution >= 0.6 is 0 Å². The van der Waals surface area contributed by atoms with Crippen molar-refractivity contribution in [3.8, 4) is 5.75 Å². The number of benzene rings is 1. The third kappa shape index (κ3) is 10.0. The van der Waals surface area contributed by atoms with Gasteiger partial charge in [0.25, 0.3) is 0 Å². The minimum Gasteiger partial charge on any atom is -0.478 e. The first-order valence-electron chi connectivity index (χ1n) is 19.4. The van der Waals surface area contributed by atoms with E-state index in [2.05, 4.69) is 106 Å².